The second-order valence-electron chi connectivity index (χ2n) is 5.91. The molecular weight excluding hydrogens is 254 g/mol. The molecule has 3 N–H and O–H groups in total. The molecule has 0 aliphatic carbocycles. The fraction of sp³-hybridized carbons (Fsp3) is 0.467. The topological polar surface area (TPSA) is 78.9 Å². The number of nitrogens with zero attached hydrogens (tertiary/aromatic N) is 2. The van der Waals surface area contributed by atoms with E-state index >= 15 is 0 Å². The van der Waals surface area contributed by atoms with Crippen LogP contribution in [-0.2, 0) is 5.41 Å². The zero-order chi connectivity index (χ0) is 15.5. The highest BCUT2D eigenvalue weighted by atomic mass is 16.4. The van der Waals surface area contributed by atoms with Crippen LogP contribution in [0.25, 0.3) is 0 Å². The van der Waals surface area contributed by atoms with E-state index in [0.29, 0.717) is 5.56 Å². The maximum Gasteiger partial charge on any atom is 0.254 e. The molecule has 0 bridgehead atoms. The van der Waals surface area contributed by atoms with Crippen LogP contribution in [0.3, 0.4) is 0 Å². The van der Waals surface area contributed by atoms with Crippen molar-refractivity contribution >= 4 is 11.7 Å². The van der Waals surface area contributed by atoms with Crippen LogP contribution < -0.4 is 5.73 Å². The van der Waals surface area contributed by atoms with E-state index in [2.05, 4.69) is 25.9 Å². The molecule has 0 spiro atoms. The van der Waals surface area contributed by atoms with Crippen LogP contribution in [0, 0.1) is 0 Å². The Bertz CT molecular complexity index is 518. The van der Waals surface area contributed by atoms with Crippen LogP contribution in [0.4, 0.5) is 0 Å². The molecule has 5 nitrogen and oxygen atoms in total. The third kappa shape index (κ3) is 3.29. The van der Waals surface area contributed by atoms with Crippen molar-refractivity contribution in [1.82, 2.24) is 4.90 Å². The van der Waals surface area contributed by atoms with Gasteiger partial charge in [-0.1, -0.05) is 44.1 Å². The van der Waals surface area contributed by atoms with Gasteiger partial charge in [0.15, 0.2) is 5.84 Å². The highest BCUT2D eigenvalue weighted by molar-refractivity contribution is 5.99. The van der Waals surface area contributed by atoms with E-state index in [-0.39, 0.29) is 17.2 Å². The number of likely N-dealkylation sites (N-methyl/N-ethyl adjacent to an activating group) is 1. The van der Waals surface area contributed by atoms with E-state index in [0.717, 1.165) is 5.56 Å². The smallest absolute Gasteiger partial charge is 0.254 e. The Morgan fingerprint density at radius 2 is 1.90 bits per heavy atom. The summed E-state index contributed by atoms with van der Waals surface area (Å²) in [6, 6.07) is 7.04. The number of amidine groups is 1. The fourth-order valence-corrected chi connectivity index (χ4v) is 1.97. The first-order valence-corrected chi connectivity index (χ1v) is 6.54. The zero-order valence-corrected chi connectivity index (χ0v) is 12.7. The molecule has 1 atom stereocenters. The van der Waals surface area contributed by atoms with Crippen LogP contribution in [-0.4, -0.2) is 34.9 Å². The minimum absolute atomic E-state index is 0.00842. The Hall–Kier alpha value is -2.04. The van der Waals surface area contributed by atoms with Crippen molar-refractivity contribution in [3.05, 3.63) is 35.4 Å². The number of rotatable bonds is 3. The molecule has 5 heteroatoms. The van der Waals surface area contributed by atoms with Crippen molar-refractivity contribution in [3.8, 4) is 0 Å². The lowest BCUT2D eigenvalue weighted by molar-refractivity contribution is 0.0774. The average Bonchev–Trinajstić information content (AvgIpc) is 2.43. The quantitative estimate of drug-likeness (QED) is 0.385. The van der Waals surface area contributed by atoms with Gasteiger partial charge < -0.3 is 15.8 Å². The van der Waals surface area contributed by atoms with E-state index in [1.165, 1.54) is 4.90 Å². The van der Waals surface area contributed by atoms with Crippen LogP contribution in [0.15, 0.2) is 29.4 Å². The molecular formula is C15H23N3O2. The molecule has 20 heavy (non-hydrogen) atoms. The molecule has 1 aromatic rings. The molecule has 0 heterocycles. The molecule has 1 aromatic carbocycles. The molecule has 0 aliphatic heterocycles. The lowest BCUT2D eigenvalue weighted by Gasteiger charge is -2.28. The largest absolute Gasteiger partial charge is 0.409 e. The molecule has 0 saturated heterocycles. The lowest BCUT2D eigenvalue weighted by Crippen LogP contribution is -2.44. The molecule has 0 aromatic heterocycles. The van der Waals surface area contributed by atoms with Crippen molar-refractivity contribution in [1.29, 1.82) is 0 Å². The normalized spacial score (nSPS) is 13.9. The van der Waals surface area contributed by atoms with Crippen LogP contribution in [0.2, 0.25) is 0 Å². The van der Waals surface area contributed by atoms with Crippen LogP contribution in [0.5, 0.6) is 0 Å². The fourth-order valence-electron chi connectivity index (χ4n) is 1.97. The average molecular weight is 277 g/mol. The highest BCUT2D eigenvalue weighted by Crippen LogP contribution is 2.26. The van der Waals surface area contributed by atoms with Crippen molar-refractivity contribution in [3.63, 3.8) is 0 Å². The summed E-state index contributed by atoms with van der Waals surface area (Å²) < 4.78 is 0. The van der Waals surface area contributed by atoms with Crippen molar-refractivity contribution in [2.45, 2.75) is 39.2 Å². The summed E-state index contributed by atoms with van der Waals surface area (Å²) in [4.78, 5) is 14.1. The molecule has 0 radical (unpaired) electrons. The minimum atomic E-state index is -0.472. The van der Waals surface area contributed by atoms with E-state index in [1.807, 2.05) is 18.2 Å². The van der Waals surface area contributed by atoms with E-state index in [9.17, 15) is 4.79 Å². The van der Waals surface area contributed by atoms with Crippen molar-refractivity contribution < 1.29 is 10.0 Å². The second kappa shape index (κ2) is 5.94. The van der Waals surface area contributed by atoms with Gasteiger partial charge in [-0.15, -0.1) is 0 Å². The number of nitrogens with two attached hydrogens (primary N) is 1. The molecule has 0 saturated carbocycles. The summed E-state index contributed by atoms with van der Waals surface area (Å²) in [6.45, 7) is 7.90. The molecule has 1 amide bonds. The predicted molar refractivity (Wildman–Crippen MR) is 80.1 cm³/mol. The predicted octanol–water partition coefficient (Wildman–Crippen LogP) is 2.19. The number of benzene rings is 1. The standard InChI is InChI=1S/C15H23N3O2/c1-10(13(16)17-20)18(5)14(19)11-8-6-7-9-12(11)15(2,3)4/h6-10,20H,1-5H3,(H2,16,17). The summed E-state index contributed by atoms with van der Waals surface area (Å²) in [5.74, 6) is -0.135. The lowest BCUT2D eigenvalue weighted by atomic mass is 9.83. The van der Waals surface area contributed by atoms with Crippen molar-refractivity contribution in [2.75, 3.05) is 7.05 Å². The van der Waals surface area contributed by atoms with Gasteiger partial charge in [0.25, 0.3) is 5.91 Å². The summed E-state index contributed by atoms with van der Waals surface area (Å²) in [5, 5.41) is 11.7. The monoisotopic (exact) mass is 277 g/mol. The number of carbonyl (C=O) groups is 1. The Labute approximate surface area is 120 Å². The number of hydrogen-bond acceptors (Lipinski definition) is 3. The third-order valence-electron chi connectivity index (χ3n) is 3.41. The van der Waals surface area contributed by atoms with Gasteiger partial charge in [0.1, 0.15) is 0 Å². The van der Waals surface area contributed by atoms with Crippen LogP contribution in [0.1, 0.15) is 43.6 Å². The Morgan fingerprint density at radius 3 is 2.40 bits per heavy atom. The van der Waals surface area contributed by atoms with Gasteiger partial charge in [-0.25, -0.2) is 0 Å². The number of amides is 1. The van der Waals surface area contributed by atoms with Gasteiger partial charge in [-0.05, 0) is 24.0 Å². The summed E-state index contributed by atoms with van der Waals surface area (Å²) in [7, 11) is 1.64. The molecule has 1 unspecified atom stereocenters. The van der Waals surface area contributed by atoms with Gasteiger partial charge in [0.2, 0.25) is 0 Å². The molecule has 0 aliphatic rings. The summed E-state index contributed by atoms with van der Waals surface area (Å²) in [5.41, 5.74) is 7.05. The Kier molecular flexibility index (Phi) is 4.76. The van der Waals surface area contributed by atoms with Gasteiger partial charge >= 0.3 is 0 Å². The minimum Gasteiger partial charge on any atom is -0.409 e. The zero-order valence-electron chi connectivity index (χ0n) is 12.7. The van der Waals surface area contributed by atoms with Gasteiger partial charge in [0.05, 0.1) is 6.04 Å². The molecule has 110 valence electrons. The number of carbonyl (C=O) groups excluding carboxylic acids is 1. The molecule has 1 rings (SSSR count). The number of hydrogen-bond donors (Lipinski definition) is 2. The van der Waals surface area contributed by atoms with Gasteiger partial charge in [-0.3, -0.25) is 4.79 Å². The van der Waals surface area contributed by atoms with Crippen LogP contribution >= 0.6 is 0 Å². The second-order valence-corrected chi connectivity index (χ2v) is 5.91. The Morgan fingerprint density at radius 1 is 1.35 bits per heavy atom. The van der Waals surface area contributed by atoms with E-state index < -0.39 is 6.04 Å². The number of oxime groups is 1. The molecule has 0 fully saturated rings. The van der Waals surface area contributed by atoms with E-state index in [4.69, 9.17) is 10.9 Å². The van der Waals surface area contributed by atoms with E-state index in [1.54, 1.807) is 20.0 Å². The van der Waals surface area contributed by atoms with Gasteiger partial charge in [-0.2, -0.15) is 0 Å². The highest BCUT2D eigenvalue weighted by Gasteiger charge is 2.26. The summed E-state index contributed by atoms with van der Waals surface area (Å²) in [6.07, 6.45) is 0. The first-order chi connectivity index (χ1) is 9.20. The maximum atomic E-state index is 12.6. The third-order valence-corrected chi connectivity index (χ3v) is 3.41. The maximum absolute atomic E-state index is 12.6. The Balaban J connectivity index is 3.16. The van der Waals surface area contributed by atoms with Gasteiger partial charge in [0, 0.05) is 12.6 Å². The SMILES string of the molecule is CC(/C(N)=N/O)N(C)C(=O)c1ccccc1C(C)(C)C. The van der Waals surface area contributed by atoms with Crippen molar-refractivity contribution in [2.24, 2.45) is 10.9 Å². The summed E-state index contributed by atoms with van der Waals surface area (Å²) >= 11 is 0. The first-order valence-electron chi connectivity index (χ1n) is 6.54. The first kappa shape index (κ1) is 16.0.